The zero-order valence-electron chi connectivity index (χ0n) is 15.0. The Kier molecular flexibility index (Phi) is 6.06. The fourth-order valence-electron chi connectivity index (χ4n) is 3.46. The van der Waals surface area contributed by atoms with Gasteiger partial charge in [-0.2, -0.15) is 0 Å². The van der Waals surface area contributed by atoms with Gasteiger partial charge in [-0.1, -0.05) is 30.3 Å². The fourth-order valence-corrected chi connectivity index (χ4v) is 4.66. The van der Waals surface area contributed by atoms with Crippen molar-refractivity contribution in [2.75, 3.05) is 39.3 Å². The van der Waals surface area contributed by atoms with Gasteiger partial charge in [0.2, 0.25) is 0 Å². The second kappa shape index (κ2) is 8.27. The summed E-state index contributed by atoms with van der Waals surface area (Å²) in [6.45, 7) is 2.91. The number of rotatable bonds is 6. The largest absolute Gasteiger partial charge is 0.493 e. The molecule has 0 aromatic heterocycles. The summed E-state index contributed by atoms with van der Waals surface area (Å²) < 4.78 is 12.3. The molecule has 1 aliphatic rings. The summed E-state index contributed by atoms with van der Waals surface area (Å²) in [6, 6.07) is 12.7. The van der Waals surface area contributed by atoms with Gasteiger partial charge in [0.15, 0.2) is 11.5 Å². The predicted molar refractivity (Wildman–Crippen MR) is 111 cm³/mol. The average molecular weight is 452 g/mol. The van der Waals surface area contributed by atoms with Crippen LogP contribution in [0.1, 0.15) is 23.5 Å². The maximum Gasteiger partial charge on any atom is 0.174 e. The lowest BCUT2D eigenvalue weighted by atomic mass is 9.89. The fraction of sp³-hybridized carbons (Fsp3) is 0.400. The molecule has 3 rings (SSSR count). The minimum atomic E-state index is 0.474. The summed E-state index contributed by atoms with van der Waals surface area (Å²) in [5, 5.41) is 3.63. The Morgan fingerprint density at radius 1 is 1.20 bits per heavy atom. The van der Waals surface area contributed by atoms with E-state index in [-0.39, 0.29) is 0 Å². The van der Waals surface area contributed by atoms with Crippen molar-refractivity contribution < 1.29 is 9.47 Å². The van der Waals surface area contributed by atoms with Gasteiger partial charge in [0, 0.05) is 44.4 Å². The van der Waals surface area contributed by atoms with Gasteiger partial charge in [0.25, 0.3) is 0 Å². The first-order chi connectivity index (χ1) is 12.2. The Balaban J connectivity index is 1.83. The third-order valence-electron chi connectivity index (χ3n) is 4.82. The number of nitrogens with zero attached hydrogens (tertiary/aromatic N) is 1. The number of nitrogens with one attached hydrogen (secondary N) is 1. The monoisotopic (exact) mass is 452 g/mol. The van der Waals surface area contributed by atoms with E-state index in [2.05, 4.69) is 76.3 Å². The first-order valence-electron chi connectivity index (χ1n) is 8.55. The highest BCUT2D eigenvalue weighted by Gasteiger charge is 2.29. The summed E-state index contributed by atoms with van der Waals surface area (Å²) in [5.41, 5.74) is 3.94. The molecule has 0 amide bonds. The maximum absolute atomic E-state index is 5.62. The molecule has 0 spiro atoms. The van der Waals surface area contributed by atoms with E-state index >= 15 is 0 Å². The van der Waals surface area contributed by atoms with Crippen LogP contribution in [0.5, 0.6) is 11.5 Å². The van der Waals surface area contributed by atoms with Crippen LogP contribution in [0.3, 0.4) is 0 Å². The molecule has 25 heavy (non-hydrogen) atoms. The normalized spacial score (nSPS) is 16.5. The number of ether oxygens (including phenoxy) is 2. The third-order valence-corrected chi connectivity index (χ3v) is 5.89. The van der Waals surface area contributed by atoms with Gasteiger partial charge in [0.1, 0.15) is 0 Å². The Morgan fingerprint density at radius 3 is 2.64 bits per heavy atom. The second-order valence-corrected chi connectivity index (χ2v) is 7.46. The Hall–Kier alpha value is -1.47. The standard InChI is InChI=1S/C20H25IN2O2/c1-23-10-9-15(13-22-12-14-7-5-4-6-8-14)18-16(23)11-17(24-2)20(25-3)19(18)21/h4-8,11,15,22H,9-10,12-13H2,1-3H3. The highest BCUT2D eigenvalue weighted by atomic mass is 127. The van der Waals surface area contributed by atoms with Gasteiger partial charge in [-0.3, -0.25) is 0 Å². The van der Waals surface area contributed by atoms with Crippen molar-refractivity contribution in [3.8, 4) is 11.5 Å². The quantitative estimate of drug-likeness (QED) is 0.672. The van der Waals surface area contributed by atoms with Crippen molar-refractivity contribution in [1.29, 1.82) is 0 Å². The van der Waals surface area contributed by atoms with Crippen molar-refractivity contribution >= 4 is 28.3 Å². The molecule has 1 aliphatic heterocycles. The zero-order chi connectivity index (χ0) is 17.8. The third kappa shape index (κ3) is 3.87. The minimum absolute atomic E-state index is 0.474. The summed E-state index contributed by atoms with van der Waals surface area (Å²) in [4.78, 5) is 2.31. The average Bonchev–Trinajstić information content (AvgIpc) is 2.64. The van der Waals surface area contributed by atoms with E-state index in [9.17, 15) is 0 Å². The van der Waals surface area contributed by atoms with E-state index < -0.39 is 0 Å². The molecule has 2 aromatic rings. The highest BCUT2D eigenvalue weighted by Crippen LogP contribution is 2.46. The Labute approximate surface area is 163 Å². The Bertz CT molecular complexity index is 721. The Morgan fingerprint density at radius 2 is 1.96 bits per heavy atom. The van der Waals surface area contributed by atoms with E-state index in [1.54, 1.807) is 14.2 Å². The number of benzene rings is 2. The van der Waals surface area contributed by atoms with Crippen LogP contribution in [-0.2, 0) is 6.54 Å². The van der Waals surface area contributed by atoms with E-state index in [1.807, 2.05) is 0 Å². The molecule has 1 N–H and O–H groups in total. The van der Waals surface area contributed by atoms with Gasteiger partial charge in [-0.15, -0.1) is 0 Å². The van der Waals surface area contributed by atoms with Gasteiger partial charge in [0.05, 0.1) is 17.8 Å². The number of anilines is 1. The number of fused-ring (bicyclic) bond motifs is 1. The molecule has 134 valence electrons. The van der Waals surface area contributed by atoms with Crippen LogP contribution < -0.4 is 19.7 Å². The van der Waals surface area contributed by atoms with Crippen LogP contribution in [-0.4, -0.2) is 34.4 Å². The van der Waals surface area contributed by atoms with E-state index in [4.69, 9.17) is 9.47 Å². The topological polar surface area (TPSA) is 33.7 Å². The molecule has 1 unspecified atom stereocenters. The van der Waals surface area contributed by atoms with Gasteiger partial charge >= 0.3 is 0 Å². The number of halogens is 1. The summed E-state index contributed by atoms with van der Waals surface area (Å²) in [5.74, 6) is 2.11. The lowest BCUT2D eigenvalue weighted by Crippen LogP contribution is -2.32. The molecule has 0 aliphatic carbocycles. The van der Waals surface area contributed by atoms with Gasteiger partial charge in [-0.05, 0) is 40.1 Å². The number of methoxy groups -OCH3 is 2. The summed E-state index contributed by atoms with van der Waals surface area (Å²) in [7, 11) is 5.55. The van der Waals surface area contributed by atoms with Crippen LogP contribution in [0, 0.1) is 3.57 Å². The van der Waals surface area contributed by atoms with Crippen molar-refractivity contribution in [2.45, 2.75) is 18.9 Å². The second-order valence-electron chi connectivity index (χ2n) is 6.38. The molecule has 2 aromatic carbocycles. The summed E-state index contributed by atoms with van der Waals surface area (Å²) in [6.07, 6.45) is 1.14. The van der Waals surface area contributed by atoms with Crippen molar-refractivity contribution in [1.82, 2.24) is 5.32 Å². The molecule has 0 bridgehead atoms. The first-order valence-corrected chi connectivity index (χ1v) is 9.63. The van der Waals surface area contributed by atoms with Crippen molar-refractivity contribution in [3.05, 3.63) is 51.1 Å². The van der Waals surface area contributed by atoms with Crippen LogP contribution in [0.25, 0.3) is 0 Å². The van der Waals surface area contributed by atoms with Crippen LogP contribution in [0.15, 0.2) is 36.4 Å². The molecule has 4 nitrogen and oxygen atoms in total. The molecule has 0 saturated carbocycles. The van der Waals surface area contributed by atoms with Crippen LogP contribution in [0.2, 0.25) is 0 Å². The van der Waals surface area contributed by atoms with E-state index in [0.29, 0.717) is 5.92 Å². The number of hydrogen-bond donors (Lipinski definition) is 1. The van der Waals surface area contributed by atoms with Crippen LogP contribution in [0.4, 0.5) is 5.69 Å². The number of hydrogen-bond acceptors (Lipinski definition) is 4. The maximum atomic E-state index is 5.62. The first kappa shape index (κ1) is 18.3. The van der Waals surface area contributed by atoms with Crippen molar-refractivity contribution in [3.63, 3.8) is 0 Å². The molecule has 0 radical (unpaired) electrons. The van der Waals surface area contributed by atoms with E-state index in [1.165, 1.54) is 16.8 Å². The highest BCUT2D eigenvalue weighted by molar-refractivity contribution is 14.1. The lowest BCUT2D eigenvalue weighted by Gasteiger charge is -2.35. The van der Waals surface area contributed by atoms with E-state index in [0.717, 1.165) is 41.1 Å². The van der Waals surface area contributed by atoms with Crippen molar-refractivity contribution in [2.24, 2.45) is 0 Å². The molecule has 5 heteroatoms. The summed E-state index contributed by atoms with van der Waals surface area (Å²) >= 11 is 2.40. The molecular formula is C20H25IN2O2. The van der Waals surface area contributed by atoms with Gasteiger partial charge in [-0.25, -0.2) is 0 Å². The zero-order valence-corrected chi connectivity index (χ0v) is 17.2. The predicted octanol–water partition coefficient (Wildman–Crippen LogP) is 4.02. The van der Waals surface area contributed by atoms with Crippen LogP contribution >= 0.6 is 22.6 Å². The molecule has 0 fully saturated rings. The van der Waals surface area contributed by atoms with Gasteiger partial charge < -0.3 is 19.7 Å². The minimum Gasteiger partial charge on any atom is -0.493 e. The smallest absolute Gasteiger partial charge is 0.174 e. The molecule has 1 atom stereocenters. The molecule has 1 heterocycles. The molecular weight excluding hydrogens is 427 g/mol. The lowest BCUT2D eigenvalue weighted by molar-refractivity contribution is 0.351. The molecule has 0 saturated heterocycles. The SMILES string of the molecule is COc1cc2c(c(I)c1OC)C(CNCc1ccccc1)CCN2C.